The predicted molar refractivity (Wildman–Crippen MR) is 81.0 cm³/mol. The van der Waals surface area contributed by atoms with Crippen LogP contribution in [0, 0.1) is 0 Å². The Morgan fingerprint density at radius 1 is 1.57 bits per heavy atom. The van der Waals surface area contributed by atoms with E-state index in [1.165, 1.54) is 0 Å². The Hall–Kier alpha value is -1.44. The van der Waals surface area contributed by atoms with Crippen LogP contribution in [0.15, 0.2) is 12.4 Å². The van der Waals surface area contributed by atoms with E-state index in [-0.39, 0.29) is 12.5 Å². The Kier molecular flexibility index (Phi) is 5.33. The summed E-state index contributed by atoms with van der Waals surface area (Å²) in [5.74, 6) is -0.205. The zero-order chi connectivity index (χ0) is 15.3. The van der Waals surface area contributed by atoms with Crippen molar-refractivity contribution in [2.75, 3.05) is 38.2 Å². The van der Waals surface area contributed by atoms with Gasteiger partial charge in [0.2, 0.25) is 5.91 Å². The highest BCUT2D eigenvalue weighted by Gasteiger charge is 2.38. The van der Waals surface area contributed by atoms with Crippen molar-refractivity contribution in [1.29, 1.82) is 0 Å². The largest absolute Gasteiger partial charge is 0.379 e. The van der Waals surface area contributed by atoms with Crippen LogP contribution in [0.1, 0.15) is 20.3 Å². The van der Waals surface area contributed by atoms with Gasteiger partial charge in [0.05, 0.1) is 25.0 Å². The molecule has 1 saturated heterocycles. The number of ether oxygens (including phenoxy) is 1. The fourth-order valence-corrected chi connectivity index (χ4v) is 2.35. The second kappa shape index (κ2) is 7.02. The zero-order valence-electron chi connectivity index (χ0n) is 12.8. The Bertz CT molecular complexity index is 464. The minimum absolute atomic E-state index is 0.205. The van der Waals surface area contributed by atoms with E-state index in [0.717, 1.165) is 26.2 Å². The molecule has 1 aliphatic heterocycles. The Morgan fingerprint density at radius 2 is 2.33 bits per heavy atom. The lowest BCUT2D eigenvalue weighted by molar-refractivity contribution is -0.121. The number of carbonyl (C=O) groups is 1. The van der Waals surface area contributed by atoms with Crippen LogP contribution in [-0.2, 0) is 16.1 Å². The van der Waals surface area contributed by atoms with Crippen molar-refractivity contribution < 1.29 is 9.53 Å². The number of aromatic nitrogens is 2. The number of carbonyl (C=O) groups excluding carboxylic acids is 1. The van der Waals surface area contributed by atoms with Gasteiger partial charge in [0, 0.05) is 19.3 Å². The number of hydrogen-bond donors (Lipinski definition) is 2. The Labute approximate surface area is 125 Å². The van der Waals surface area contributed by atoms with E-state index in [9.17, 15) is 4.79 Å². The number of nitrogens with two attached hydrogens (primary N) is 1. The van der Waals surface area contributed by atoms with Crippen LogP contribution in [-0.4, -0.2) is 59.0 Å². The summed E-state index contributed by atoms with van der Waals surface area (Å²) in [4.78, 5) is 14.5. The number of amides is 1. The molecule has 3 N–H and O–H groups in total. The van der Waals surface area contributed by atoms with E-state index in [1.54, 1.807) is 6.20 Å². The molecule has 0 aromatic carbocycles. The average molecular weight is 295 g/mol. The molecule has 7 heteroatoms. The van der Waals surface area contributed by atoms with Crippen molar-refractivity contribution in [2.45, 2.75) is 32.4 Å². The lowest BCUT2D eigenvalue weighted by Gasteiger charge is -2.19. The molecule has 1 aromatic heterocycles. The molecule has 1 aromatic rings. The fourth-order valence-electron chi connectivity index (χ4n) is 2.35. The topological polar surface area (TPSA) is 85.4 Å². The van der Waals surface area contributed by atoms with E-state index in [1.807, 2.05) is 10.9 Å². The van der Waals surface area contributed by atoms with Crippen LogP contribution < -0.4 is 11.1 Å². The number of nitrogens with one attached hydrogen (secondary N) is 1. The molecule has 7 nitrogen and oxygen atoms in total. The summed E-state index contributed by atoms with van der Waals surface area (Å²) >= 11 is 0. The Morgan fingerprint density at radius 3 is 2.95 bits per heavy atom. The van der Waals surface area contributed by atoms with Crippen molar-refractivity contribution in [2.24, 2.45) is 5.73 Å². The summed E-state index contributed by atoms with van der Waals surface area (Å²) in [7, 11) is 0. The van der Waals surface area contributed by atoms with Crippen molar-refractivity contribution >= 4 is 11.6 Å². The molecule has 0 radical (unpaired) electrons. The van der Waals surface area contributed by atoms with Crippen LogP contribution in [0.25, 0.3) is 0 Å². The third kappa shape index (κ3) is 4.03. The van der Waals surface area contributed by atoms with Gasteiger partial charge in [-0.15, -0.1) is 0 Å². The van der Waals surface area contributed by atoms with Crippen LogP contribution >= 0.6 is 0 Å². The van der Waals surface area contributed by atoms with Gasteiger partial charge in [-0.3, -0.25) is 9.48 Å². The summed E-state index contributed by atoms with van der Waals surface area (Å²) in [5.41, 5.74) is 5.78. The maximum atomic E-state index is 12.1. The molecule has 21 heavy (non-hydrogen) atoms. The molecule has 0 spiro atoms. The maximum Gasteiger partial charge on any atom is 0.247 e. The number of hydrogen-bond acceptors (Lipinski definition) is 5. The second-order valence-corrected chi connectivity index (χ2v) is 5.43. The lowest BCUT2D eigenvalue weighted by Crippen LogP contribution is -2.51. The standard InChI is InChI=1S/C14H25N5O2/c1-3-18(4-2)6-7-19-10-12(9-16-19)17-13(20)14(15)5-8-21-11-14/h9-10H,3-8,11,15H2,1-2H3,(H,17,20). The molecule has 2 rings (SSSR count). The van der Waals surface area contributed by atoms with Gasteiger partial charge < -0.3 is 20.7 Å². The van der Waals surface area contributed by atoms with Gasteiger partial charge in [-0.1, -0.05) is 13.8 Å². The van der Waals surface area contributed by atoms with Gasteiger partial charge in [-0.25, -0.2) is 0 Å². The van der Waals surface area contributed by atoms with Crippen LogP contribution in [0.3, 0.4) is 0 Å². The molecular formula is C14H25N5O2. The first kappa shape index (κ1) is 15.9. The molecule has 118 valence electrons. The summed E-state index contributed by atoms with van der Waals surface area (Å²) in [6.07, 6.45) is 4.04. The van der Waals surface area contributed by atoms with Crippen LogP contribution in [0.2, 0.25) is 0 Å². The third-order valence-corrected chi connectivity index (χ3v) is 3.94. The molecule has 1 fully saturated rings. The first-order valence-electron chi connectivity index (χ1n) is 7.50. The molecule has 1 aliphatic rings. The molecule has 1 atom stereocenters. The number of nitrogens with zero attached hydrogens (tertiary/aromatic N) is 3. The van der Waals surface area contributed by atoms with Gasteiger partial charge >= 0.3 is 0 Å². The van der Waals surface area contributed by atoms with E-state index < -0.39 is 5.54 Å². The second-order valence-electron chi connectivity index (χ2n) is 5.43. The highest BCUT2D eigenvalue weighted by molar-refractivity contribution is 5.98. The summed E-state index contributed by atoms with van der Waals surface area (Å²) < 4.78 is 7.04. The third-order valence-electron chi connectivity index (χ3n) is 3.94. The van der Waals surface area contributed by atoms with Crippen molar-refractivity contribution in [3.8, 4) is 0 Å². The smallest absolute Gasteiger partial charge is 0.247 e. The van der Waals surface area contributed by atoms with Crippen molar-refractivity contribution in [1.82, 2.24) is 14.7 Å². The minimum Gasteiger partial charge on any atom is -0.379 e. The van der Waals surface area contributed by atoms with E-state index in [2.05, 4.69) is 29.2 Å². The summed E-state index contributed by atoms with van der Waals surface area (Å²) in [6, 6.07) is 0. The molecule has 0 saturated carbocycles. The number of rotatable bonds is 7. The Balaban J connectivity index is 1.86. The summed E-state index contributed by atoms with van der Waals surface area (Å²) in [6.45, 7) is 8.88. The number of anilines is 1. The molecule has 0 bridgehead atoms. The fraction of sp³-hybridized carbons (Fsp3) is 0.714. The minimum atomic E-state index is -0.913. The number of likely N-dealkylation sites (N-methyl/N-ethyl adjacent to an activating group) is 1. The normalized spacial score (nSPS) is 21.9. The lowest BCUT2D eigenvalue weighted by atomic mass is 9.99. The van der Waals surface area contributed by atoms with E-state index in [4.69, 9.17) is 10.5 Å². The molecule has 1 unspecified atom stereocenters. The molecular weight excluding hydrogens is 270 g/mol. The first-order valence-corrected chi connectivity index (χ1v) is 7.50. The SMILES string of the molecule is CCN(CC)CCn1cc(NC(=O)C2(N)CCOC2)cn1. The van der Waals surface area contributed by atoms with Crippen molar-refractivity contribution in [3.05, 3.63) is 12.4 Å². The molecule has 0 aliphatic carbocycles. The summed E-state index contributed by atoms with van der Waals surface area (Å²) in [5, 5.41) is 7.08. The van der Waals surface area contributed by atoms with Crippen LogP contribution in [0.4, 0.5) is 5.69 Å². The van der Waals surface area contributed by atoms with Crippen LogP contribution in [0.5, 0.6) is 0 Å². The van der Waals surface area contributed by atoms with E-state index >= 15 is 0 Å². The van der Waals surface area contributed by atoms with Gasteiger partial charge in [0.25, 0.3) is 0 Å². The van der Waals surface area contributed by atoms with Crippen molar-refractivity contribution in [3.63, 3.8) is 0 Å². The van der Waals surface area contributed by atoms with Gasteiger partial charge in [0.1, 0.15) is 5.54 Å². The first-order chi connectivity index (χ1) is 10.1. The highest BCUT2D eigenvalue weighted by Crippen LogP contribution is 2.18. The average Bonchev–Trinajstić information content (AvgIpc) is 3.10. The van der Waals surface area contributed by atoms with E-state index in [0.29, 0.717) is 18.7 Å². The maximum absolute atomic E-state index is 12.1. The zero-order valence-corrected chi connectivity index (χ0v) is 12.8. The predicted octanol–water partition coefficient (Wildman–Crippen LogP) is 0.281. The van der Waals surface area contributed by atoms with Gasteiger partial charge in [0.15, 0.2) is 0 Å². The molecule has 2 heterocycles. The monoisotopic (exact) mass is 295 g/mol. The van der Waals surface area contributed by atoms with Gasteiger partial charge in [-0.05, 0) is 19.5 Å². The molecule has 1 amide bonds. The highest BCUT2D eigenvalue weighted by atomic mass is 16.5. The van der Waals surface area contributed by atoms with Gasteiger partial charge in [-0.2, -0.15) is 5.10 Å². The quantitative estimate of drug-likeness (QED) is 0.755.